The number of para-hydroxylation sites is 1. The van der Waals surface area contributed by atoms with Crippen molar-refractivity contribution < 1.29 is 4.79 Å². The number of hydrogen-bond acceptors (Lipinski definition) is 7. The summed E-state index contributed by atoms with van der Waals surface area (Å²) < 4.78 is 2.03. The molecule has 1 aliphatic rings. The van der Waals surface area contributed by atoms with E-state index in [-0.39, 0.29) is 17.7 Å². The minimum atomic E-state index is -0.0613. The van der Waals surface area contributed by atoms with Gasteiger partial charge in [0.1, 0.15) is 0 Å². The number of fused-ring (bicyclic) bond motifs is 3. The number of thiophene rings is 2. The van der Waals surface area contributed by atoms with E-state index in [0.29, 0.717) is 5.16 Å². The molecule has 33 heavy (non-hydrogen) atoms. The first-order chi connectivity index (χ1) is 16.2. The predicted octanol–water partition coefficient (Wildman–Crippen LogP) is 5.78. The Bertz CT molecular complexity index is 1490. The van der Waals surface area contributed by atoms with E-state index in [0.717, 1.165) is 44.0 Å². The maximum Gasteiger partial charge on any atom is 0.253 e. The molecule has 0 N–H and O–H groups in total. The second kappa shape index (κ2) is 8.40. The first-order valence-electron chi connectivity index (χ1n) is 10.5. The molecule has 0 spiro atoms. The van der Waals surface area contributed by atoms with Crippen molar-refractivity contribution in [3.8, 4) is 0 Å². The highest BCUT2D eigenvalue weighted by Gasteiger charge is 2.34. The minimum absolute atomic E-state index is 0.0295. The van der Waals surface area contributed by atoms with Crippen LogP contribution >= 0.6 is 34.4 Å². The maximum absolute atomic E-state index is 13.4. The van der Waals surface area contributed by atoms with Crippen LogP contribution in [0.1, 0.15) is 27.8 Å². The number of thioether (sulfide) groups is 1. The smallest absolute Gasteiger partial charge is 0.253 e. The van der Waals surface area contributed by atoms with E-state index in [2.05, 4.69) is 41.4 Å². The zero-order valence-corrected chi connectivity index (χ0v) is 20.2. The lowest BCUT2D eigenvalue weighted by molar-refractivity contribution is -0.130. The topological polar surface area (TPSA) is 62.9 Å². The number of benzene rings is 1. The SMILES string of the molecule is Cc1cc2nnc(SCC(=O)N3N=C(c4cccs4)CC3c3cccs3)n2c2ccccc12. The molecule has 4 aromatic heterocycles. The van der Waals surface area contributed by atoms with Crippen molar-refractivity contribution in [2.45, 2.75) is 24.5 Å². The van der Waals surface area contributed by atoms with E-state index >= 15 is 0 Å². The van der Waals surface area contributed by atoms with Gasteiger partial charge in [0.25, 0.3) is 5.91 Å². The molecule has 1 atom stereocenters. The van der Waals surface area contributed by atoms with Crippen LogP contribution in [0.2, 0.25) is 0 Å². The number of carbonyl (C=O) groups excluding carboxylic acids is 1. The van der Waals surface area contributed by atoms with Crippen molar-refractivity contribution >= 4 is 62.6 Å². The first kappa shape index (κ1) is 20.6. The van der Waals surface area contributed by atoms with E-state index in [1.807, 2.05) is 45.5 Å². The standard InChI is InChI=1S/C24H19N5OS3/c1-15-12-22-25-26-24(28(22)18-7-3-2-6-16(15)18)33-14-23(30)29-19(21-9-5-11-32-21)13-17(27-29)20-8-4-10-31-20/h2-12,19H,13-14H2,1H3. The molecular weight excluding hydrogens is 470 g/mol. The Hall–Kier alpha value is -3.01. The fraction of sp³-hybridized carbons (Fsp3) is 0.167. The van der Waals surface area contributed by atoms with E-state index in [9.17, 15) is 4.79 Å². The summed E-state index contributed by atoms with van der Waals surface area (Å²) in [5.41, 5.74) is 3.96. The Morgan fingerprint density at radius 1 is 1.09 bits per heavy atom. The molecule has 0 aliphatic carbocycles. The van der Waals surface area contributed by atoms with Gasteiger partial charge in [0.05, 0.1) is 27.9 Å². The molecule has 0 radical (unpaired) electrons. The lowest BCUT2D eigenvalue weighted by Gasteiger charge is -2.20. The molecule has 1 aromatic carbocycles. The maximum atomic E-state index is 13.4. The van der Waals surface area contributed by atoms with Gasteiger partial charge in [-0.3, -0.25) is 9.20 Å². The third kappa shape index (κ3) is 3.66. The summed E-state index contributed by atoms with van der Waals surface area (Å²) in [4.78, 5) is 15.6. The highest BCUT2D eigenvalue weighted by molar-refractivity contribution is 7.99. The molecule has 1 aliphatic heterocycles. The highest BCUT2D eigenvalue weighted by atomic mass is 32.2. The molecule has 0 bridgehead atoms. The van der Waals surface area contributed by atoms with Gasteiger partial charge in [0.15, 0.2) is 10.8 Å². The van der Waals surface area contributed by atoms with Crippen LogP contribution in [0.4, 0.5) is 0 Å². The number of aromatic nitrogens is 3. The molecule has 5 aromatic rings. The summed E-state index contributed by atoms with van der Waals surface area (Å²) in [5, 5.41) is 21.1. The monoisotopic (exact) mass is 489 g/mol. The van der Waals surface area contributed by atoms with Crippen LogP contribution in [-0.2, 0) is 4.79 Å². The quantitative estimate of drug-likeness (QED) is 0.294. The van der Waals surface area contributed by atoms with E-state index in [1.165, 1.54) is 11.8 Å². The number of carbonyl (C=O) groups is 1. The highest BCUT2D eigenvalue weighted by Crippen LogP contribution is 2.36. The van der Waals surface area contributed by atoms with Crippen LogP contribution in [0.5, 0.6) is 0 Å². The van der Waals surface area contributed by atoms with Crippen molar-refractivity contribution in [2.24, 2.45) is 5.10 Å². The predicted molar refractivity (Wildman–Crippen MR) is 135 cm³/mol. The molecule has 0 fully saturated rings. The number of pyridine rings is 1. The molecule has 1 amide bonds. The zero-order valence-electron chi connectivity index (χ0n) is 17.7. The molecule has 164 valence electrons. The number of hydrazone groups is 1. The van der Waals surface area contributed by atoms with Crippen molar-refractivity contribution in [1.82, 2.24) is 19.6 Å². The minimum Gasteiger partial charge on any atom is -0.272 e. The summed E-state index contributed by atoms with van der Waals surface area (Å²) in [5.74, 6) is 0.213. The number of aryl methyl sites for hydroxylation is 1. The fourth-order valence-electron chi connectivity index (χ4n) is 4.20. The fourth-order valence-corrected chi connectivity index (χ4v) is 6.53. The molecule has 0 saturated heterocycles. The molecule has 9 heteroatoms. The Morgan fingerprint density at radius 3 is 2.76 bits per heavy atom. The Labute approximate surface area is 202 Å². The number of amides is 1. The number of hydrogen-bond donors (Lipinski definition) is 0. The van der Waals surface area contributed by atoms with Crippen LogP contribution in [0, 0.1) is 6.92 Å². The van der Waals surface area contributed by atoms with E-state index in [1.54, 1.807) is 27.7 Å². The number of rotatable bonds is 5. The summed E-state index contributed by atoms with van der Waals surface area (Å²) in [6.07, 6.45) is 0.731. The lowest BCUT2D eigenvalue weighted by atomic mass is 10.1. The molecule has 6 rings (SSSR count). The van der Waals surface area contributed by atoms with Gasteiger partial charge in [-0.15, -0.1) is 32.9 Å². The van der Waals surface area contributed by atoms with Crippen LogP contribution < -0.4 is 0 Å². The summed E-state index contributed by atoms with van der Waals surface area (Å²) in [7, 11) is 0. The molecule has 0 saturated carbocycles. The van der Waals surface area contributed by atoms with E-state index in [4.69, 9.17) is 5.10 Å². The second-order valence-corrected chi connectivity index (χ2v) is 10.7. The Kier molecular flexibility index (Phi) is 5.24. The largest absolute Gasteiger partial charge is 0.272 e. The zero-order chi connectivity index (χ0) is 22.4. The molecule has 6 nitrogen and oxygen atoms in total. The molecule has 5 heterocycles. The average molecular weight is 490 g/mol. The van der Waals surface area contributed by atoms with Gasteiger partial charge in [0, 0.05) is 16.7 Å². The van der Waals surface area contributed by atoms with Crippen molar-refractivity contribution in [2.75, 3.05) is 5.75 Å². The Morgan fingerprint density at radius 2 is 1.94 bits per heavy atom. The third-order valence-corrected chi connectivity index (χ3v) is 8.55. The van der Waals surface area contributed by atoms with Crippen LogP contribution in [0.3, 0.4) is 0 Å². The van der Waals surface area contributed by atoms with Crippen molar-refractivity contribution in [3.05, 3.63) is 80.7 Å². The summed E-state index contributed by atoms with van der Waals surface area (Å²) in [6.45, 7) is 2.08. The van der Waals surface area contributed by atoms with Gasteiger partial charge in [-0.1, -0.05) is 42.1 Å². The lowest BCUT2D eigenvalue weighted by Crippen LogP contribution is -2.28. The van der Waals surface area contributed by atoms with Crippen molar-refractivity contribution in [3.63, 3.8) is 0 Å². The van der Waals surface area contributed by atoms with Crippen molar-refractivity contribution in [1.29, 1.82) is 0 Å². The summed E-state index contributed by atoms with van der Waals surface area (Å²) >= 11 is 4.73. The summed E-state index contributed by atoms with van der Waals surface area (Å²) in [6, 6.07) is 18.4. The number of nitrogens with zero attached hydrogens (tertiary/aromatic N) is 5. The Balaban J connectivity index is 1.30. The van der Waals surface area contributed by atoms with Crippen LogP contribution in [0.15, 0.2) is 75.6 Å². The molecular formula is C24H19N5OS3. The van der Waals surface area contributed by atoms with Crippen LogP contribution in [0.25, 0.3) is 16.6 Å². The first-order valence-corrected chi connectivity index (χ1v) is 13.3. The van der Waals surface area contributed by atoms with Gasteiger partial charge >= 0.3 is 0 Å². The van der Waals surface area contributed by atoms with Gasteiger partial charge in [0.2, 0.25) is 0 Å². The van der Waals surface area contributed by atoms with Gasteiger partial charge in [-0.05, 0) is 47.5 Å². The van der Waals surface area contributed by atoms with Crippen LogP contribution in [-0.4, -0.2) is 37.0 Å². The van der Waals surface area contributed by atoms with Gasteiger partial charge in [-0.25, -0.2) is 5.01 Å². The van der Waals surface area contributed by atoms with Gasteiger partial charge in [-0.2, -0.15) is 5.10 Å². The third-order valence-electron chi connectivity index (χ3n) is 5.74. The average Bonchev–Trinajstić information content (AvgIpc) is 3.63. The molecule has 1 unspecified atom stereocenters. The van der Waals surface area contributed by atoms with E-state index < -0.39 is 0 Å². The normalized spacial score (nSPS) is 16.1. The second-order valence-electron chi connectivity index (χ2n) is 7.81. The van der Waals surface area contributed by atoms with Gasteiger partial charge < -0.3 is 0 Å².